The fourth-order valence-corrected chi connectivity index (χ4v) is 3.61. The summed E-state index contributed by atoms with van der Waals surface area (Å²) >= 11 is 0. The molecule has 2 aromatic rings. The highest BCUT2D eigenvalue weighted by Crippen LogP contribution is 2.23. The summed E-state index contributed by atoms with van der Waals surface area (Å²) in [5.41, 5.74) is 2.85. The summed E-state index contributed by atoms with van der Waals surface area (Å²) in [7, 11) is 1.85. The third-order valence-electron chi connectivity index (χ3n) is 4.95. The molecule has 1 aliphatic heterocycles. The Labute approximate surface area is 188 Å². The molecular formula is C19H30IN7O2. The zero-order valence-corrected chi connectivity index (χ0v) is 20.0. The highest BCUT2D eigenvalue weighted by molar-refractivity contribution is 14.0. The highest BCUT2D eigenvalue weighted by atomic mass is 127. The third kappa shape index (κ3) is 5.28. The van der Waals surface area contributed by atoms with Crippen LogP contribution in [0.1, 0.15) is 36.8 Å². The number of rotatable bonds is 5. The van der Waals surface area contributed by atoms with Crippen molar-refractivity contribution in [3.8, 4) is 0 Å². The van der Waals surface area contributed by atoms with Crippen LogP contribution < -0.4 is 10.2 Å². The van der Waals surface area contributed by atoms with Gasteiger partial charge in [-0.05, 0) is 20.8 Å². The molecule has 3 heterocycles. The van der Waals surface area contributed by atoms with Gasteiger partial charge in [0.25, 0.3) is 0 Å². The average molecular weight is 515 g/mol. The van der Waals surface area contributed by atoms with Gasteiger partial charge in [-0.3, -0.25) is 14.5 Å². The average Bonchev–Trinajstić information content (AvgIpc) is 3.23. The number of amides is 1. The van der Waals surface area contributed by atoms with E-state index in [4.69, 9.17) is 9.52 Å². The molecule has 0 radical (unpaired) electrons. The number of carbonyl (C=O) groups excluding carboxylic acids is 1. The van der Waals surface area contributed by atoms with Crippen LogP contribution >= 0.6 is 24.0 Å². The highest BCUT2D eigenvalue weighted by Gasteiger charge is 2.28. The molecule has 1 atom stereocenters. The number of nitrogens with zero attached hydrogens (tertiary/aromatic N) is 6. The lowest BCUT2D eigenvalue weighted by Crippen LogP contribution is -2.55. The number of guanidine groups is 1. The number of aromatic nitrogens is 3. The lowest BCUT2D eigenvalue weighted by atomic mass is 10.00. The Hall–Kier alpha value is -2.11. The van der Waals surface area contributed by atoms with Gasteiger partial charge < -0.3 is 19.6 Å². The normalized spacial score (nSPS) is 16.0. The van der Waals surface area contributed by atoms with Gasteiger partial charge in [-0.25, -0.2) is 0 Å². The molecule has 9 nitrogen and oxygen atoms in total. The Morgan fingerprint density at radius 2 is 2.14 bits per heavy atom. The summed E-state index contributed by atoms with van der Waals surface area (Å²) in [5, 5.41) is 11.5. The zero-order valence-electron chi connectivity index (χ0n) is 17.7. The van der Waals surface area contributed by atoms with Crippen molar-refractivity contribution in [2.24, 2.45) is 12.0 Å². The van der Waals surface area contributed by atoms with Crippen molar-refractivity contribution in [1.29, 1.82) is 0 Å². The molecule has 0 bridgehead atoms. The smallest absolute Gasteiger partial charge is 0.246 e. The summed E-state index contributed by atoms with van der Waals surface area (Å²) < 4.78 is 6.98. The largest absolute Gasteiger partial charge is 0.361 e. The number of hydrogen-bond acceptors (Lipinski definition) is 5. The molecule has 1 aliphatic rings. The standard InChI is InChI=1S/C19H29N7O2.HI/c1-6-20-19(21-9-13(2)18-14(3)23-28-15(18)4)25-7-8-26(17(27)12-25)16-10-22-24(5)11-16;/h10-11,13H,6-9,12H2,1-5H3,(H,20,21);1H. The molecule has 2 aromatic heterocycles. The number of hydrogen-bond donors (Lipinski definition) is 1. The topological polar surface area (TPSA) is 91.8 Å². The van der Waals surface area contributed by atoms with E-state index in [1.54, 1.807) is 15.8 Å². The van der Waals surface area contributed by atoms with Gasteiger partial charge in [0.1, 0.15) is 12.3 Å². The molecule has 1 N–H and O–H groups in total. The monoisotopic (exact) mass is 515 g/mol. The Bertz CT molecular complexity index is 841. The van der Waals surface area contributed by atoms with Crippen LogP contribution in [0, 0.1) is 13.8 Å². The summed E-state index contributed by atoms with van der Waals surface area (Å²) in [6.45, 7) is 11.0. The number of nitrogens with one attached hydrogen (secondary N) is 1. The van der Waals surface area contributed by atoms with E-state index in [-0.39, 0.29) is 35.8 Å². The number of piperazine rings is 1. The van der Waals surface area contributed by atoms with Gasteiger partial charge in [0.05, 0.1) is 17.6 Å². The summed E-state index contributed by atoms with van der Waals surface area (Å²) in [6.07, 6.45) is 3.58. The molecule has 1 unspecified atom stereocenters. The fraction of sp³-hybridized carbons (Fsp3) is 0.579. The van der Waals surface area contributed by atoms with Gasteiger partial charge in [0.2, 0.25) is 5.91 Å². The quantitative estimate of drug-likeness (QED) is 0.373. The molecular weight excluding hydrogens is 485 g/mol. The predicted octanol–water partition coefficient (Wildman–Crippen LogP) is 2.06. The van der Waals surface area contributed by atoms with E-state index in [9.17, 15) is 4.79 Å². The molecule has 160 valence electrons. The first-order chi connectivity index (χ1) is 13.4. The minimum Gasteiger partial charge on any atom is -0.361 e. The number of halogens is 1. The van der Waals surface area contributed by atoms with E-state index in [0.29, 0.717) is 26.2 Å². The molecule has 0 aromatic carbocycles. The van der Waals surface area contributed by atoms with Crippen molar-refractivity contribution in [3.05, 3.63) is 29.4 Å². The van der Waals surface area contributed by atoms with Crippen LogP contribution in [0.4, 0.5) is 5.69 Å². The SMILES string of the molecule is CCNC(=NCC(C)c1c(C)noc1C)N1CCN(c2cnn(C)c2)C(=O)C1.I. The fourth-order valence-electron chi connectivity index (χ4n) is 3.61. The van der Waals surface area contributed by atoms with Crippen molar-refractivity contribution >= 4 is 41.5 Å². The summed E-state index contributed by atoms with van der Waals surface area (Å²) in [6, 6.07) is 0. The maximum Gasteiger partial charge on any atom is 0.246 e. The van der Waals surface area contributed by atoms with E-state index < -0.39 is 0 Å². The Morgan fingerprint density at radius 1 is 1.38 bits per heavy atom. The molecule has 0 saturated carbocycles. The molecule has 29 heavy (non-hydrogen) atoms. The lowest BCUT2D eigenvalue weighted by Gasteiger charge is -2.35. The Kier molecular flexibility index (Phi) is 8.05. The number of aryl methyl sites for hydroxylation is 3. The lowest BCUT2D eigenvalue weighted by molar-refractivity contribution is -0.120. The molecule has 1 amide bonds. The van der Waals surface area contributed by atoms with Crippen LogP contribution in [0.3, 0.4) is 0 Å². The van der Waals surface area contributed by atoms with Crippen molar-refractivity contribution in [2.45, 2.75) is 33.6 Å². The Morgan fingerprint density at radius 3 is 2.69 bits per heavy atom. The number of anilines is 1. The van der Waals surface area contributed by atoms with Gasteiger partial charge in [-0.15, -0.1) is 24.0 Å². The second-order valence-corrected chi connectivity index (χ2v) is 7.17. The van der Waals surface area contributed by atoms with Gasteiger partial charge in [0.15, 0.2) is 5.96 Å². The van der Waals surface area contributed by atoms with Crippen molar-refractivity contribution < 1.29 is 9.32 Å². The molecule has 1 fully saturated rings. The molecule has 0 spiro atoms. The van der Waals surface area contributed by atoms with Crippen molar-refractivity contribution in [2.75, 3.05) is 37.6 Å². The predicted molar refractivity (Wildman–Crippen MR) is 123 cm³/mol. The first kappa shape index (κ1) is 23.2. The van der Waals surface area contributed by atoms with E-state index in [1.165, 1.54) is 0 Å². The van der Waals surface area contributed by atoms with Gasteiger partial charge in [-0.2, -0.15) is 5.10 Å². The van der Waals surface area contributed by atoms with Crippen LogP contribution in [0.25, 0.3) is 0 Å². The molecule has 1 saturated heterocycles. The van der Waals surface area contributed by atoms with Crippen LogP contribution in [0.15, 0.2) is 21.9 Å². The van der Waals surface area contributed by atoms with Crippen LogP contribution in [-0.2, 0) is 11.8 Å². The van der Waals surface area contributed by atoms with Crippen LogP contribution in [0.2, 0.25) is 0 Å². The first-order valence-corrected chi connectivity index (χ1v) is 9.65. The first-order valence-electron chi connectivity index (χ1n) is 9.65. The van der Waals surface area contributed by atoms with E-state index >= 15 is 0 Å². The van der Waals surface area contributed by atoms with Gasteiger partial charge in [-0.1, -0.05) is 12.1 Å². The maximum atomic E-state index is 12.7. The Balaban J connectivity index is 0.00000300. The second-order valence-electron chi connectivity index (χ2n) is 7.17. The minimum absolute atomic E-state index is 0. The number of aliphatic imine (C=N–C) groups is 1. The van der Waals surface area contributed by atoms with Crippen LogP contribution in [0.5, 0.6) is 0 Å². The molecule has 0 aliphatic carbocycles. The summed E-state index contributed by atoms with van der Waals surface area (Å²) in [4.78, 5) is 21.3. The van der Waals surface area contributed by atoms with E-state index in [0.717, 1.165) is 35.2 Å². The van der Waals surface area contributed by atoms with Gasteiger partial charge in [0, 0.05) is 50.9 Å². The van der Waals surface area contributed by atoms with E-state index in [2.05, 4.69) is 22.5 Å². The molecule has 3 rings (SSSR count). The van der Waals surface area contributed by atoms with Gasteiger partial charge >= 0.3 is 0 Å². The third-order valence-corrected chi connectivity index (χ3v) is 4.95. The number of carbonyl (C=O) groups is 1. The molecule has 10 heteroatoms. The van der Waals surface area contributed by atoms with Crippen molar-refractivity contribution in [1.82, 2.24) is 25.2 Å². The maximum absolute atomic E-state index is 12.7. The zero-order chi connectivity index (χ0) is 20.3. The minimum atomic E-state index is 0. The van der Waals surface area contributed by atoms with Crippen molar-refractivity contribution in [3.63, 3.8) is 0 Å². The van der Waals surface area contributed by atoms with Crippen LogP contribution in [-0.4, -0.2) is 64.4 Å². The summed E-state index contributed by atoms with van der Waals surface area (Å²) in [5.74, 6) is 1.83. The van der Waals surface area contributed by atoms with E-state index in [1.807, 2.05) is 38.9 Å². The second kappa shape index (κ2) is 10.1.